The van der Waals surface area contributed by atoms with Crippen molar-refractivity contribution < 1.29 is 9.53 Å². The minimum absolute atomic E-state index is 0.0864. The maximum absolute atomic E-state index is 11.4. The predicted molar refractivity (Wildman–Crippen MR) is 51.3 cm³/mol. The van der Waals surface area contributed by atoms with E-state index >= 15 is 0 Å². The van der Waals surface area contributed by atoms with Crippen LogP contribution in [0.1, 0.15) is 33.6 Å². The number of halogens is 1. The number of alkyl halides is 1. The van der Waals surface area contributed by atoms with Gasteiger partial charge < -0.3 is 4.74 Å². The van der Waals surface area contributed by atoms with Gasteiger partial charge in [-0.25, -0.2) is 0 Å². The fraction of sp³-hybridized carbons (Fsp3) is 0.889. The van der Waals surface area contributed by atoms with Gasteiger partial charge in [0.2, 0.25) is 0 Å². The highest BCUT2D eigenvalue weighted by Gasteiger charge is 2.36. The second kappa shape index (κ2) is 3.36. The minimum Gasteiger partial charge on any atom is -0.459 e. The fourth-order valence-electron chi connectivity index (χ4n) is 0.939. The maximum atomic E-state index is 11.4. The molecular formula is C9H15BrO2. The van der Waals surface area contributed by atoms with Crippen molar-refractivity contribution in [1.29, 1.82) is 0 Å². The van der Waals surface area contributed by atoms with Crippen LogP contribution in [-0.4, -0.2) is 16.4 Å². The second-order valence-corrected chi connectivity index (χ2v) is 5.26. The summed E-state index contributed by atoms with van der Waals surface area (Å²) in [6.45, 7) is 5.66. The van der Waals surface area contributed by atoms with Crippen LogP contribution in [0.2, 0.25) is 0 Å². The lowest BCUT2D eigenvalue weighted by atomic mass is 10.2. The Morgan fingerprint density at radius 3 is 2.33 bits per heavy atom. The van der Waals surface area contributed by atoms with Gasteiger partial charge in [0, 0.05) is 0 Å². The van der Waals surface area contributed by atoms with Crippen molar-refractivity contribution >= 4 is 21.9 Å². The van der Waals surface area contributed by atoms with E-state index in [1.807, 2.05) is 20.8 Å². The molecule has 1 atom stereocenters. The van der Waals surface area contributed by atoms with E-state index in [9.17, 15) is 4.79 Å². The summed E-state index contributed by atoms with van der Waals surface area (Å²) >= 11 is 3.35. The molecule has 0 unspecified atom stereocenters. The summed E-state index contributed by atoms with van der Waals surface area (Å²) in [6.07, 6.45) is 2.30. The third-order valence-electron chi connectivity index (χ3n) is 1.67. The van der Waals surface area contributed by atoms with Crippen LogP contribution >= 0.6 is 15.9 Å². The maximum Gasteiger partial charge on any atom is 0.320 e. The van der Waals surface area contributed by atoms with Crippen LogP contribution in [-0.2, 0) is 9.53 Å². The zero-order valence-electron chi connectivity index (χ0n) is 7.76. The third kappa shape index (κ3) is 3.13. The summed E-state index contributed by atoms with van der Waals surface area (Å²) < 4.78 is 5.21. The van der Waals surface area contributed by atoms with Crippen molar-refractivity contribution in [2.24, 2.45) is 5.92 Å². The molecule has 0 N–H and O–H groups in total. The lowest BCUT2D eigenvalue weighted by molar-refractivity contribution is -0.154. The van der Waals surface area contributed by atoms with Gasteiger partial charge in [0.15, 0.2) is 0 Å². The summed E-state index contributed by atoms with van der Waals surface area (Å²) in [4.78, 5) is 11.3. The number of carbonyl (C=O) groups excluding carboxylic acids is 1. The van der Waals surface area contributed by atoms with E-state index in [4.69, 9.17) is 4.74 Å². The van der Waals surface area contributed by atoms with Crippen molar-refractivity contribution in [2.45, 2.75) is 44.0 Å². The van der Waals surface area contributed by atoms with Gasteiger partial charge in [-0.3, -0.25) is 4.79 Å². The molecule has 1 rings (SSSR count). The van der Waals surface area contributed by atoms with Crippen LogP contribution in [0.4, 0.5) is 0 Å². The molecule has 1 saturated carbocycles. The molecule has 3 heteroatoms. The van der Waals surface area contributed by atoms with Gasteiger partial charge in [0.25, 0.3) is 0 Å². The lowest BCUT2D eigenvalue weighted by Gasteiger charge is -2.21. The molecule has 0 saturated heterocycles. The summed E-state index contributed by atoms with van der Waals surface area (Å²) in [5.74, 6) is 0.393. The van der Waals surface area contributed by atoms with E-state index < -0.39 is 0 Å². The molecule has 0 aromatic rings. The van der Waals surface area contributed by atoms with E-state index in [1.54, 1.807) is 0 Å². The highest BCUT2D eigenvalue weighted by atomic mass is 79.9. The number of hydrogen-bond acceptors (Lipinski definition) is 2. The van der Waals surface area contributed by atoms with Gasteiger partial charge in [0.1, 0.15) is 10.4 Å². The van der Waals surface area contributed by atoms with Gasteiger partial charge in [-0.1, -0.05) is 15.9 Å². The van der Waals surface area contributed by atoms with Gasteiger partial charge >= 0.3 is 5.97 Å². The molecule has 0 aliphatic heterocycles. The van der Waals surface area contributed by atoms with Crippen molar-refractivity contribution in [3.8, 4) is 0 Å². The minimum atomic E-state index is -0.363. The van der Waals surface area contributed by atoms with Crippen molar-refractivity contribution in [2.75, 3.05) is 0 Å². The standard InChI is InChI=1S/C9H15BrO2/c1-9(2,3)12-8(11)7(10)6-4-5-6/h6-7H,4-5H2,1-3H3/t7-/m0/s1. The van der Waals surface area contributed by atoms with Crippen molar-refractivity contribution in [1.82, 2.24) is 0 Å². The Labute approximate surface area is 81.8 Å². The molecule has 0 aromatic carbocycles. The molecule has 0 heterocycles. The van der Waals surface area contributed by atoms with E-state index in [0.29, 0.717) is 5.92 Å². The molecule has 1 aliphatic rings. The fourth-order valence-corrected chi connectivity index (χ4v) is 1.56. The van der Waals surface area contributed by atoms with Gasteiger partial charge in [-0.05, 0) is 39.5 Å². The molecule has 0 bridgehead atoms. The number of ether oxygens (including phenoxy) is 1. The topological polar surface area (TPSA) is 26.3 Å². The molecule has 1 fully saturated rings. The number of carbonyl (C=O) groups is 1. The Hall–Kier alpha value is -0.0500. The largest absolute Gasteiger partial charge is 0.459 e. The van der Waals surface area contributed by atoms with Gasteiger partial charge in [-0.2, -0.15) is 0 Å². The first-order valence-electron chi connectivity index (χ1n) is 4.27. The first kappa shape index (κ1) is 10.0. The Bertz CT molecular complexity index is 179. The normalized spacial score (nSPS) is 20.3. The predicted octanol–water partition coefficient (Wildman–Crippen LogP) is 2.50. The number of esters is 1. The Morgan fingerprint density at radius 2 is 2.00 bits per heavy atom. The van der Waals surface area contributed by atoms with Crippen LogP contribution in [0.3, 0.4) is 0 Å². The van der Waals surface area contributed by atoms with E-state index in [1.165, 1.54) is 0 Å². The van der Waals surface area contributed by atoms with E-state index in [-0.39, 0.29) is 16.4 Å². The second-order valence-electron chi connectivity index (χ2n) is 4.27. The van der Waals surface area contributed by atoms with E-state index in [0.717, 1.165) is 12.8 Å². The molecule has 12 heavy (non-hydrogen) atoms. The summed E-state index contributed by atoms with van der Waals surface area (Å²) in [7, 11) is 0. The Morgan fingerprint density at radius 1 is 1.50 bits per heavy atom. The van der Waals surface area contributed by atoms with Crippen molar-refractivity contribution in [3.63, 3.8) is 0 Å². The Balaban J connectivity index is 2.36. The molecule has 0 aromatic heterocycles. The van der Waals surface area contributed by atoms with E-state index in [2.05, 4.69) is 15.9 Å². The van der Waals surface area contributed by atoms with Gasteiger partial charge in [0.05, 0.1) is 0 Å². The monoisotopic (exact) mass is 234 g/mol. The molecule has 0 radical (unpaired) electrons. The van der Waals surface area contributed by atoms with Crippen LogP contribution in [0.5, 0.6) is 0 Å². The third-order valence-corrected chi connectivity index (χ3v) is 2.79. The zero-order valence-corrected chi connectivity index (χ0v) is 9.35. The van der Waals surface area contributed by atoms with Crippen LogP contribution in [0.15, 0.2) is 0 Å². The van der Waals surface area contributed by atoms with Gasteiger partial charge in [-0.15, -0.1) is 0 Å². The Kier molecular flexibility index (Phi) is 2.81. The summed E-state index contributed by atoms with van der Waals surface area (Å²) in [5.41, 5.74) is -0.363. The smallest absolute Gasteiger partial charge is 0.320 e. The van der Waals surface area contributed by atoms with Crippen LogP contribution in [0.25, 0.3) is 0 Å². The summed E-state index contributed by atoms with van der Waals surface area (Å²) in [6, 6.07) is 0. The lowest BCUT2D eigenvalue weighted by Crippen LogP contribution is -2.29. The van der Waals surface area contributed by atoms with Crippen LogP contribution in [0, 0.1) is 5.92 Å². The van der Waals surface area contributed by atoms with Crippen molar-refractivity contribution in [3.05, 3.63) is 0 Å². The molecule has 0 amide bonds. The average Bonchev–Trinajstić information content (AvgIpc) is 2.62. The average molecular weight is 235 g/mol. The summed E-state index contributed by atoms with van der Waals surface area (Å²) in [5, 5.41) is 0. The molecule has 70 valence electrons. The molecule has 0 spiro atoms. The highest BCUT2D eigenvalue weighted by molar-refractivity contribution is 9.10. The molecule has 2 nitrogen and oxygen atoms in total. The first-order valence-corrected chi connectivity index (χ1v) is 5.18. The zero-order chi connectivity index (χ0) is 9.35. The first-order chi connectivity index (χ1) is 5.40. The SMILES string of the molecule is CC(C)(C)OC(=O)[C@@H](Br)C1CC1. The molecular weight excluding hydrogens is 220 g/mol. The number of rotatable bonds is 2. The van der Waals surface area contributed by atoms with Crippen LogP contribution < -0.4 is 0 Å². The quantitative estimate of drug-likeness (QED) is 0.543. The number of hydrogen-bond donors (Lipinski definition) is 0. The highest BCUT2D eigenvalue weighted by Crippen LogP contribution is 2.37. The molecule has 1 aliphatic carbocycles.